The number of fused-ring (bicyclic) bond motifs is 1. The molecule has 0 spiro atoms. The average Bonchev–Trinajstić information content (AvgIpc) is 3.45. The number of para-hydroxylation sites is 1. The maximum Gasteiger partial charge on any atom is 0.141 e. The Kier molecular flexibility index (Phi) is 5.19. The molecule has 3 aromatic heterocycles. The van der Waals surface area contributed by atoms with Crippen LogP contribution in [-0.2, 0) is 0 Å². The van der Waals surface area contributed by atoms with Gasteiger partial charge in [-0.1, -0.05) is 18.2 Å². The van der Waals surface area contributed by atoms with Gasteiger partial charge in [0.25, 0.3) is 0 Å². The highest BCUT2D eigenvalue weighted by Crippen LogP contribution is 2.25. The van der Waals surface area contributed by atoms with Crippen LogP contribution in [0, 0.1) is 0 Å². The van der Waals surface area contributed by atoms with Crippen LogP contribution in [-0.4, -0.2) is 55.4 Å². The van der Waals surface area contributed by atoms with E-state index in [1.165, 1.54) is 0 Å². The summed E-state index contributed by atoms with van der Waals surface area (Å²) in [6.45, 7) is 5.29. The van der Waals surface area contributed by atoms with E-state index in [2.05, 4.69) is 38.1 Å². The standard InChI is InChI=1S/C23H26N6O/c1-17(14-28-11-8-20(9-12-28)30-19-5-3-2-4-6-19)29-15-18(13-27-29)22-21-7-10-24-23(21)26-16-25-22/h2-7,10,13,15-17,20H,8-9,11-12,14H2,1H3,(H,24,25,26). The molecule has 1 aromatic carbocycles. The van der Waals surface area contributed by atoms with Crippen molar-refractivity contribution in [3.63, 3.8) is 0 Å². The van der Waals surface area contributed by atoms with Crippen LogP contribution in [0.15, 0.2) is 61.3 Å². The lowest BCUT2D eigenvalue weighted by Gasteiger charge is -2.33. The molecule has 1 fully saturated rings. The average molecular weight is 403 g/mol. The van der Waals surface area contributed by atoms with Gasteiger partial charge in [-0.3, -0.25) is 4.68 Å². The molecular weight excluding hydrogens is 376 g/mol. The zero-order valence-corrected chi connectivity index (χ0v) is 17.1. The van der Waals surface area contributed by atoms with Crippen molar-refractivity contribution in [1.29, 1.82) is 0 Å². The summed E-state index contributed by atoms with van der Waals surface area (Å²) in [7, 11) is 0. The molecule has 0 bridgehead atoms. The number of rotatable bonds is 6. The minimum absolute atomic E-state index is 0.286. The van der Waals surface area contributed by atoms with Crippen LogP contribution in [0.3, 0.4) is 0 Å². The Morgan fingerprint density at radius 2 is 1.97 bits per heavy atom. The molecule has 7 nitrogen and oxygen atoms in total. The number of benzene rings is 1. The zero-order valence-electron chi connectivity index (χ0n) is 17.1. The lowest BCUT2D eigenvalue weighted by molar-refractivity contribution is 0.0924. The van der Waals surface area contributed by atoms with E-state index in [1.807, 2.05) is 53.5 Å². The molecule has 154 valence electrons. The van der Waals surface area contributed by atoms with Crippen LogP contribution in [0.2, 0.25) is 0 Å². The molecule has 0 aliphatic carbocycles. The van der Waals surface area contributed by atoms with Crippen molar-refractivity contribution in [2.24, 2.45) is 0 Å². The van der Waals surface area contributed by atoms with Gasteiger partial charge in [-0.25, -0.2) is 9.97 Å². The van der Waals surface area contributed by atoms with Crippen LogP contribution in [0.4, 0.5) is 0 Å². The summed E-state index contributed by atoms with van der Waals surface area (Å²) in [5, 5.41) is 5.63. The molecule has 1 atom stereocenters. The van der Waals surface area contributed by atoms with Gasteiger partial charge in [0.1, 0.15) is 23.8 Å². The van der Waals surface area contributed by atoms with Gasteiger partial charge in [0.15, 0.2) is 0 Å². The lowest BCUT2D eigenvalue weighted by Crippen LogP contribution is -2.40. The Morgan fingerprint density at radius 3 is 2.80 bits per heavy atom. The molecule has 5 rings (SSSR count). The second kappa shape index (κ2) is 8.28. The Morgan fingerprint density at radius 1 is 1.13 bits per heavy atom. The van der Waals surface area contributed by atoms with Gasteiger partial charge >= 0.3 is 0 Å². The van der Waals surface area contributed by atoms with Gasteiger partial charge in [-0.15, -0.1) is 0 Å². The molecule has 1 saturated heterocycles. The molecule has 1 aliphatic heterocycles. The number of nitrogens with zero attached hydrogens (tertiary/aromatic N) is 5. The molecule has 1 aliphatic rings. The first-order valence-electron chi connectivity index (χ1n) is 10.5. The van der Waals surface area contributed by atoms with E-state index < -0.39 is 0 Å². The van der Waals surface area contributed by atoms with Crippen molar-refractivity contribution in [3.8, 4) is 17.0 Å². The molecule has 1 unspecified atom stereocenters. The fraction of sp³-hybridized carbons (Fsp3) is 0.348. The first-order valence-corrected chi connectivity index (χ1v) is 10.5. The summed E-state index contributed by atoms with van der Waals surface area (Å²) in [6.07, 6.45) is 9.88. The monoisotopic (exact) mass is 402 g/mol. The number of hydrogen-bond donors (Lipinski definition) is 1. The quantitative estimate of drug-likeness (QED) is 0.529. The molecule has 0 radical (unpaired) electrons. The topological polar surface area (TPSA) is 71.9 Å². The van der Waals surface area contributed by atoms with Crippen LogP contribution >= 0.6 is 0 Å². The van der Waals surface area contributed by atoms with Crippen molar-refractivity contribution in [1.82, 2.24) is 29.6 Å². The van der Waals surface area contributed by atoms with E-state index in [0.29, 0.717) is 6.10 Å². The predicted octanol–water partition coefficient (Wildman–Crippen LogP) is 3.93. The van der Waals surface area contributed by atoms with E-state index in [-0.39, 0.29) is 6.04 Å². The summed E-state index contributed by atoms with van der Waals surface area (Å²) >= 11 is 0. The van der Waals surface area contributed by atoms with Gasteiger partial charge in [0.05, 0.1) is 17.9 Å². The molecule has 7 heteroatoms. The Hall–Kier alpha value is -3.19. The second-order valence-electron chi connectivity index (χ2n) is 7.95. The van der Waals surface area contributed by atoms with Crippen LogP contribution in [0.1, 0.15) is 25.8 Å². The first-order chi connectivity index (χ1) is 14.8. The van der Waals surface area contributed by atoms with Crippen LogP contribution < -0.4 is 4.74 Å². The highest BCUT2D eigenvalue weighted by molar-refractivity contribution is 5.89. The molecule has 0 saturated carbocycles. The van der Waals surface area contributed by atoms with Gasteiger partial charge < -0.3 is 14.6 Å². The first kappa shape index (κ1) is 18.8. The lowest BCUT2D eigenvalue weighted by atomic mass is 10.1. The van der Waals surface area contributed by atoms with E-state index in [4.69, 9.17) is 4.74 Å². The summed E-state index contributed by atoms with van der Waals surface area (Å²) in [5.74, 6) is 0.967. The van der Waals surface area contributed by atoms with Crippen LogP contribution in [0.5, 0.6) is 5.75 Å². The van der Waals surface area contributed by atoms with Crippen molar-refractivity contribution in [2.45, 2.75) is 31.9 Å². The summed E-state index contributed by atoms with van der Waals surface area (Å²) in [5.41, 5.74) is 2.78. The maximum absolute atomic E-state index is 6.12. The number of ether oxygens (including phenoxy) is 1. The van der Waals surface area contributed by atoms with Crippen molar-refractivity contribution in [3.05, 3.63) is 61.3 Å². The smallest absolute Gasteiger partial charge is 0.141 e. The van der Waals surface area contributed by atoms with E-state index in [9.17, 15) is 0 Å². The third kappa shape index (κ3) is 3.93. The van der Waals surface area contributed by atoms with E-state index >= 15 is 0 Å². The number of hydrogen-bond acceptors (Lipinski definition) is 5. The fourth-order valence-corrected chi connectivity index (χ4v) is 4.16. The number of aromatic nitrogens is 5. The molecule has 4 heterocycles. The highest BCUT2D eigenvalue weighted by atomic mass is 16.5. The SMILES string of the molecule is CC(CN1CCC(Oc2ccccc2)CC1)n1cc(-c2ncnc3[nH]ccc23)cn1. The molecule has 30 heavy (non-hydrogen) atoms. The third-order valence-corrected chi connectivity index (χ3v) is 5.78. The highest BCUT2D eigenvalue weighted by Gasteiger charge is 2.22. The van der Waals surface area contributed by atoms with E-state index in [1.54, 1.807) is 6.33 Å². The van der Waals surface area contributed by atoms with Crippen molar-refractivity contribution in [2.75, 3.05) is 19.6 Å². The number of likely N-dealkylation sites (tertiary alicyclic amines) is 1. The minimum Gasteiger partial charge on any atom is -0.490 e. The van der Waals surface area contributed by atoms with Crippen molar-refractivity contribution >= 4 is 11.0 Å². The van der Waals surface area contributed by atoms with Gasteiger partial charge in [0, 0.05) is 43.0 Å². The zero-order chi connectivity index (χ0) is 20.3. The Bertz CT molecular complexity index is 1100. The number of nitrogens with one attached hydrogen (secondary N) is 1. The summed E-state index contributed by atoms with van der Waals surface area (Å²) < 4.78 is 8.16. The maximum atomic E-state index is 6.12. The summed E-state index contributed by atoms with van der Waals surface area (Å²) in [4.78, 5) is 14.4. The molecular formula is C23H26N6O. The second-order valence-corrected chi connectivity index (χ2v) is 7.95. The number of piperidine rings is 1. The minimum atomic E-state index is 0.286. The van der Waals surface area contributed by atoms with Crippen LogP contribution in [0.25, 0.3) is 22.3 Å². The van der Waals surface area contributed by atoms with E-state index in [0.717, 1.165) is 60.5 Å². The summed E-state index contributed by atoms with van der Waals surface area (Å²) in [6, 6.07) is 12.4. The normalized spacial score (nSPS) is 16.7. The number of H-pyrrole nitrogens is 1. The third-order valence-electron chi connectivity index (χ3n) is 5.78. The Balaban J connectivity index is 1.19. The number of aromatic amines is 1. The fourth-order valence-electron chi connectivity index (χ4n) is 4.16. The molecule has 0 amide bonds. The van der Waals surface area contributed by atoms with Gasteiger partial charge in [0.2, 0.25) is 0 Å². The van der Waals surface area contributed by atoms with Crippen molar-refractivity contribution < 1.29 is 4.74 Å². The predicted molar refractivity (Wildman–Crippen MR) is 116 cm³/mol. The Labute approximate surface area is 175 Å². The van der Waals surface area contributed by atoms with Gasteiger partial charge in [-0.2, -0.15) is 5.10 Å². The largest absolute Gasteiger partial charge is 0.490 e. The van der Waals surface area contributed by atoms with Gasteiger partial charge in [-0.05, 0) is 38.0 Å². The molecule has 1 N–H and O–H groups in total. The molecule has 4 aromatic rings.